The highest BCUT2D eigenvalue weighted by atomic mass is 35.5. The molecule has 0 atom stereocenters. The standard InChI is InChI=1S/C37H33ClFN3O5/c38-25-9-12-28(13-10-25)47-34-17-11-27(41-18-4-7-35(41)43)19-24(34)22-46-29-14-15-30(31(39)21-29)36-40-32-20-23(37(44)45)8-16-33(32)42(36)26-5-2-1-3-6-26/h8-17,19-21,26H,1-7,18,22H2,(H,44,45). The minimum atomic E-state index is -1.03. The van der Waals surface area contributed by atoms with E-state index in [2.05, 4.69) is 4.57 Å². The molecular weight excluding hydrogens is 621 g/mol. The number of imidazole rings is 1. The van der Waals surface area contributed by atoms with Crippen molar-refractivity contribution in [1.29, 1.82) is 0 Å². The Morgan fingerprint density at radius 1 is 0.936 bits per heavy atom. The van der Waals surface area contributed by atoms with Crippen LogP contribution < -0.4 is 14.4 Å². The maximum Gasteiger partial charge on any atom is 0.335 e. The molecule has 47 heavy (non-hydrogen) atoms. The molecule has 10 heteroatoms. The first-order chi connectivity index (χ1) is 22.8. The van der Waals surface area contributed by atoms with Gasteiger partial charge in [0, 0.05) is 41.3 Å². The van der Waals surface area contributed by atoms with Crippen LogP contribution in [0.1, 0.15) is 66.9 Å². The van der Waals surface area contributed by atoms with Crippen molar-refractivity contribution >= 4 is 40.2 Å². The summed E-state index contributed by atoms with van der Waals surface area (Å²) in [4.78, 5) is 30.6. The van der Waals surface area contributed by atoms with Crippen molar-refractivity contribution in [3.63, 3.8) is 0 Å². The van der Waals surface area contributed by atoms with Gasteiger partial charge in [0.1, 0.15) is 35.5 Å². The molecule has 0 radical (unpaired) electrons. The van der Waals surface area contributed by atoms with Crippen LogP contribution in [0.4, 0.5) is 10.1 Å². The van der Waals surface area contributed by atoms with E-state index in [0.29, 0.717) is 57.7 Å². The number of hydrogen-bond acceptors (Lipinski definition) is 5. The number of anilines is 1. The number of carbonyl (C=O) groups excluding carboxylic acids is 1. The second-order valence-electron chi connectivity index (χ2n) is 12.0. The fraction of sp³-hybridized carbons (Fsp3) is 0.270. The molecule has 1 aliphatic carbocycles. The lowest BCUT2D eigenvalue weighted by atomic mass is 9.94. The molecule has 1 saturated carbocycles. The van der Waals surface area contributed by atoms with Crippen molar-refractivity contribution in [2.24, 2.45) is 0 Å². The summed E-state index contributed by atoms with van der Waals surface area (Å²) >= 11 is 6.05. The highest BCUT2D eigenvalue weighted by Crippen LogP contribution is 2.38. The Labute approximate surface area is 276 Å². The lowest BCUT2D eigenvalue weighted by Gasteiger charge is -2.25. The number of nitrogens with zero attached hydrogens (tertiary/aromatic N) is 3. The van der Waals surface area contributed by atoms with Crippen LogP contribution in [-0.4, -0.2) is 33.1 Å². The van der Waals surface area contributed by atoms with Gasteiger partial charge in [-0.25, -0.2) is 14.2 Å². The number of rotatable bonds is 9. The number of carbonyl (C=O) groups is 2. The number of halogens is 2. The van der Waals surface area contributed by atoms with Crippen molar-refractivity contribution in [3.05, 3.63) is 101 Å². The number of aromatic nitrogens is 2. The van der Waals surface area contributed by atoms with Gasteiger partial charge < -0.3 is 24.0 Å². The number of hydrogen-bond donors (Lipinski definition) is 1. The Morgan fingerprint density at radius 3 is 2.45 bits per heavy atom. The first kappa shape index (κ1) is 30.7. The average Bonchev–Trinajstić information content (AvgIpc) is 3.68. The molecule has 0 spiro atoms. The molecule has 4 aromatic carbocycles. The molecule has 8 nitrogen and oxygen atoms in total. The van der Waals surface area contributed by atoms with Crippen LogP contribution in [0.3, 0.4) is 0 Å². The monoisotopic (exact) mass is 653 g/mol. The zero-order valence-electron chi connectivity index (χ0n) is 25.6. The summed E-state index contributed by atoms with van der Waals surface area (Å²) in [6, 6.07) is 22.3. The fourth-order valence-electron chi connectivity index (χ4n) is 6.56. The van der Waals surface area contributed by atoms with Crippen LogP contribution in [0.15, 0.2) is 78.9 Å². The third-order valence-corrected chi connectivity index (χ3v) is 9.17. The topological polar surface area (TPSA) is 93.9 Å². The van der Waals surface area contributed by atoms with Gasteiger partial charge in [-0.3, -0.25) is 4.79 Å². The molecule has 0 bridgehead atoms. The van der Waals surface area contributed by atoms with E-state index < -0.39 is 11.8 Å². The predicted octanol–water partition coefficient (Wildman–Crippen LogP) is 9.20. The Balaban J connectivity index is 1.19. The smallest absolute Gasteiger partial charge is 0.335 e. The quantitative estimate of drug-likeness (QED) is 0.170. The van der Waals surface area contributed by atoms with Gasteiger partial charge in [-0.2, -0.15) is 0 Å². The summed E-state index contributed by atoms with van der Waals surface area (Å²) in [5.74, 6) is 0.461. The third-order valence-electron chi connectivity index (χ3n) is 8.92. The number of benzene rings is 4. The van der Waals surface area contributed by atoms with Gasteiger partial charge in [0.25, 0.3) is 0 Å². The Kier molecular flexibility index (Phi) is 8.56. The van der Waals surface area contributed by atoms with E-state index in [0.717, 1.165) is 49.7 Å². The molecule has 7 rings (SSSR count). The van der Waals surface area contributed by atoms with Gasteiger partial charge in [0.05, 0.1) is 22.2 Å². The van der Waals surface area contributed by atoms with Gasteiger partial charge in [-0.05, 0) is 92.1 Å². The normalized spacial score (nSPS) is 15.4. The van der Waals surface area contributed by atoms with Crippen LogP contribution in [0.2, 0.25) is 5.02 Å². The highest BCUT2D eigenvalue weighted by Gasteiger charge is 2.25. The maximum absolute atomic E-state index is 15.9. The number of aromatic carboxylic acids is 1. The van der Waals surface area contributed by atoms with Crippen LogP contribution >= 0.6 is 11.6 Å². The molecule has 1 saturated heterocycles. The number of ether oxygens (including phenoxy) is 2. The molecule has 240 valence electrons. The third kappa shape index (κ3) is 6.40. The zero-order valence-corrected chi connectivity index (χ0v) is 26.4. The molecular formula is C37H33ClFN3O5. The molecule has 2 heterocycles. The second-order valence-corrected chi connectivity index (χ2v) is 12.5. The zero-order chi connectivity index (χ0) is 32.5. The van der Waals surface area contributed by atoms with Crippen molar-refractivity contribution in [3.8, 4) is 28.6 Å². The fourth-order valence-corrected chi connectivity index (χ4v) is 6.68. The summed E-state index contributed by atoms with van der Waals surface area (Å²) in [6.45, 7) is 0.711. The minimum absolute atomic E-state index is 0.0656. The first-order valence-corrected chi connectivity index (χ1v) is 16.3. The number of carboxylic acids is 1. The SMILES string of the molecule is O=C(O)c1ccc2c(c1)nc(-c1ccc(OCc3cc(N4CCCC4=O)ccc3Oc3ccc(Cl)cc3)cc1F)n2C1CCCCC1. The van der Waals surface area contributed by atoms with E-state index in [9.17, 15) is 14.7 Å². The molecule has 2 fully saturated rings. The van der Waals surface area contributed by atoms with Gasteiger partial charge in [-0.1, -0.05) is 30.9 Å². The van der Waals surface area contributed by atoms with Crippen LogP contribution in [0, 0.1) is 5.82 Å². The van der Waals surface area contributed by atoms with Gasteiger partial charge in [0.2, 0.25) is 5.91 Å². The van der Waals surface area contributed by atoms with E-state index in [4.69, 9.17) is 26.1 Å². The van der Waals surface area contributed by atoms with E-state index in [1.165, 1.54) is 6.07 Å². The molecule has 5 aromatic rings. The summed E-state index contributed by atoms with van der Waals surface area (Å²) in [6.07, 6.45) is 6.51. The van der Waals surface area contributed by atoms with Crippen molar-refractivity contribution in [2.45, 2.75) is 57.6 Å². The summed E-state index contributed by atoms with van der Waals surface area (Å²) in [7, 11) is 0. The van der Waals surface area contributed by atoms with Crippen LogP contribution in [0.25, 0.3) is 22.4 Å². The van der Waals surface area contributed by atoms with Crippen molar-refractivity contribution in [2.75, 3.05) is 11.4 Å². The minimum Gasteiger partial charge on any atom is -0.489 e. The number of fused-ring (bicyclic) bond motifs is 1. The van der Waals surface area contributed by atoms with Gasteiger partial charge >= 0.3 is 5.97 Å². The largest absolute Gasteiger partial charge is 0.489 e. The number of amides is 1. The average molecular weight is 654 g/mol. The van der Waals surface area contributed by atoms with Crippen LogP contribution in [-0.2, 0) is 11.4 Å². The second kappa shape index (κ2) is 13.1. The van der Waals surface area contributed by atoms with Crippen molar-refractivity contribution in [1.82, 2.24) is 9.55 Å². The lowest BCUT2D eigenvalue weighted by Crippen LogP contribution is -2.23. The van der Waals surface area contributed by atoms with Gasteiger partial charge in [0.15, 0.2) is 0 Å². The predicted molar refractivity (Wildman–Crippen MR) is 178 cm³/mol. The van der Waals surface area contributed by atoms with Crippen LogP contribution in [0.5, 0.6) is 17.2 Å². The molecule has 0 unspecified atom stereocenters. The number of carboxylic acid groups (broad SMARTS) is 1. The Morgan fingerprint density at radius 2 is 1.72 bits per heavy atom. The highest BCUT2D eigenvalue weighted by molar-refractivity contribution is 6.30. The molecule has 1 aliphatic heterocycles. The maximum atomic E-state index is 15.9. The Bertz CT molecular complexity index is 1970. The molecule has 1 amide bonds. The summed E-state index contributed by atoms with van der Waals surface area (Å²) in [5.41, 5.74) is 3.21. The van der Waals surface area contributed by atoms with E-state index in [1.807, 2.05) is 18.2 Å². The first-order valence-electron chi connectivity index (χ1n) is 15.9. The summed E-state index contributed by atoms with van der Waals surface area (Å²) < 4.78 is 30.3. The van der Waals surface area contributed by atoms with E-state index in [1.54, 1.807) is 59.5 Å². The molecule has 1 N–H and O–H groups in total. The Hall–Kier alpha value is -4.89. The van der Waals surface area contributed by atoms with Gasteiger partial charge in [-0.15, -0.1) is 0 Å². The van der Waals surface area contributed by atoms with E-state index in [-0.39, 0.29) is 24.1 Å². The summed E-state index contributed by atoms with van der Waals surface area (Å²) in [5, 5.41) is 10.1. The van der Waals surface area contributed by atoms with Crippen molar-refractivity contribution < 1.29 is 28.6 Å². The van der Waals surface area contributed by atoms with E-state index >= 15 is 4.39 Å². The lowest BCUT2D eigenvalue weighted by molar-refractivity contribution is -0.117. The molecule has 2 aliphatic rings. The molecule has 1 aromatic heterocycles.